The van der Waals surface area contributed by atoms with Crippen LogP contribution in [0.2, 0.25) is 0 Å². The quantitative estimate of drug-likeness (QED) is 0.298. The molecule has 212 valence electrons. The summed E-state index contributed by atoms with van der Waals surface area (Å²) in [5, 5.41) is 7.92. The number of rotatable bonds is 12. The Morgan fingerprint density at radius 1 is 1.05 bits per heavy atom. The van der Waals surface area contributed by atoms with E-state index in [0.29, 0.717) is 18.2 Å². The summed E-state index contributed by atoms with van der Waals surface area (Å²) in [5.74, 6) is 0.609. The maximum absolute atomic E-state index is 13.0. The first-order valence-corrected chi connectivity index (χ1v) is 15.5. The molecular weight excluding hydrogens is 506 g/mol. The van der Waals surface area contributed by atoms with Gasteiger partial charge in [0.05, 0.1) is 17.6 Å². The second kappa shape index (κ2) is 13.6. The standard InChI is InChI=1S/C31H45N5O2S/c1-5-24(6-2)36-27-14-13-23(18-26(27)34-28(36)19-25-12-11-17-39-25)30(38)32-20-29(37)33-21-31(3,4)22-35-15-9-7-8-10-16-35/h11-14,17-18,24H,5-10,15-16,19-22H2,1-4H3,(H,32,38)(H,33,37). The molecule has 0 bridgehead atoms. The molecule has 0 aliphatic carbocycles. The van der Waals surface area contributed by atoms with Gasteiger partial charge in [0, 0.05) is 36.0 Å². The molecule has 0 saturated carbocycles. The van der Waals surface area contributed by atoms with Crippen LogP contribution in [0.3, 0.4) is 0 Å². The Morgan fingerprint density at radius 3 is 2.46 bits per heavy atom. The normalized spacial score (nSPS) is 15.0. The summed E-state index contributed by atoms with van der Waals surface area (Å²) >= 11 is 1.74. The van der Waals surface area contributed by atoms with E-state index < -0.39 is 0 Å². The van der Waals surface area contributed by atoms with Crippen LogP contribution in [0.15, 0.2) is 35.7 Å². The van der Waals surface area contributed by atoms with Gasteiger partial charge in [-0.25, -0.2) is 4.98 Å². The van der Waals surface area contributed by atoms with E-state index in [4.69, 9.17) is 4.98 Å². The molecule has 1 aliphatic heterocycles. The number of hydrogen-bond donors (Lipinski definition) is 2. The summed E-state index contributed by atoms with van der Waals surface area (Å²) in [4.78, 5) is 34.3. The first-order chi connectivity index (χ1) is 18.8. The minimum Gasteiger partial charge on any atom is -0.354 e. The Bertz CT molecular complexity index is 1220. The fourth-order valence-electron chi connectivity index (χ4n) is 5.66. The third kappa shape index (κ3) is 7.92. The number of benzene rings is 1. The molecule has 1 aliphatic rings. The molecule has 0 radical (unpaired) electrons. The monoisotopic (exact) mass is 551 g/mol. The lowest BCUT2D eigenvalue weighted by atomic mass is 9.92. The molecule has 0 unspecified atom stereocenters. The Kier molecular flexibility index (Phi) is 10.2. The number of imidazole rings is 1. The molecule has 8 heteroatoms. The summed E-state index contributed by atoms with van der Waals surface area (Å²) in [6.45, 7) is 12.6. The maximum atomic E-state index is 13.0. The van der Waals surface area contributed by atoms with Crippen molar-refractivity contribution in [2.24, 2.45) is 5.41 Å². The van der Waals surface area contributed by atoms with E-state index in [2.05, 4.69) is 65.3 Å². The van der Waals surface area contributed by atoms with Crippen molar-refractivity contribution in [1.29, 1.82) is 0 Å². The maximum Gasteiger partial charge on any atom is 0.251 e. The molecule has 3 aromatic rings. The van der Waals surface area contributed by atoms with Crippen LogP contribution in [0, 0.1) is 5.41 Å². The van der Waals surface area contributed by atoms with Gasteiger partial charge in [0.15, 0.2) is 0 Å². The minimum atomic E-state index is -0.257. The largest absolute Gasteiger partial charge is 0.354 e. The van der Waals surface area contributed by atoms with Crippen molar-refractivity contribution < 1.29 is 9.59 Å². The highest BCUT2D eigenvalue weighted by molar-refractivity contribution is 7.09. The second-order valence-corrected chi connectivity index (χ2v) is 12.7. The smallest absolute Gasteiger partial charge is 0.251 e. The molecule has 0 spiro atoms. The average molecular weight is 552 g/mol. The van der Waals surface area contributed by atoms with Gasteiger partial charge in [-0.1, -0.05) is 46.6 Å². The van der Waals surface area contributed by atoms with E-state index in [1.165, 1.54) is 30.6 Å². The van der Waals surface area contributed by atoms with Crippen molar-refractivity contribution in [2.75, 3.05) is 32.7 Å². The highest BCUT2D eigenvalue weighted by Crippen LogP contribution is 2.28. The minimum absolute atomic E-state index is 0.0243. The fourth-order valence-corrected chi connectivity index (χ4v) is 6.36. The van der Waals surface area contributed by atoms with Crippen LogP contribution in [0.4, 0.5) is 0 Å². The first kappa shape index (κ1) is 29.3. The SMILES string of the molecule is CCC(CC)n1c(Cc2cccs2)nc2cc(C(=O)NCC(=O)NCC(C)(C)CN3CCCCCC3)ccc21. The van der Waals surface area contributed by atoms with Crippen LogP contribution in [0.5, 0.6) is 0 Å². The molecule has 7 nitrogen and oxygen atoms in total. The van der Waals surface area contributed by atoms with Crippen LogP contribution >= 0.6 is 11.3 Å². The zero-order valence-electron chi connectivity index (χ0n) is 24.1. The van der Waals surface area contributed by atoms with Crippen LogP contribution in [0.25, 0.3) is 11.0 Å². The lowest BCUT2D eigenvalue weighted by molar-refractivity contribution is -0.120. The third-order valence-corrected chi connectivity index (χ3v) is 8.65. The number of likely N-dealkylation sites (tertiary alicyclic amines) is 1. The van der Waals surface area contributed by atoms with Crippen LogP contribution in [0.1, 0.15) is 93.3 Å². The van der Waals surface area contributed by atoms with Gasteiger partial charge in [-0.2, -0.15) is 0 Å². The van der Waals surface area contributed by atoms with Crippen molar-refractivity contribution >= 4 is 34.2 Å². The number of hydrogen-bond acceptors (Lipinski definition) is 5. The highest BCUT2D eigenvalue weighted by Gasteiger charge is 2.24. The zero-order valence-corrected chi connectivity index (χ0v) is 24.9. The van der Waals surface area contributed by atoms with Crippen LogP contribution < -0.4 is 10.6 Å². The fraction of sp³-hybridized carbons (Fsp3) is 0.581. The predicted octanol–water partition coefficient (Wildman–Crippen LogP) is 5.80. The van der Waals surface area contributed by atoms with Gasteiger partial charge < -0.3 is 20.1 Å². The molecule has 2 N–H and O–H groups in total. The number of nitrogens with one attached hydrogen (secondary N) is 2. The van der Waals surface area contributed by atoms with Gasteiger partial charge in [-0.15, -0.1) is 11.3 Å². The van der Waals surface area contributed by atoms with Gasteiger partial charge in [0.25, 0.3) is 5.91 Å². The molecule has 1 saturated heterocycles. The number of fused-ring (bicyclic) bond motifs is 1. The Labute approximate surface area is 237 Å². The van der Waals surface area contributed by atoms with Crippen molar-refractivity contribution in [3.05, 3.63) is 52.0 Å². The summed E-state index contributed by atoms with van der Waals surface area (Å²) in [6, 6.07) is 10.3. The van der Waals surface area contributed by atoms with Crippen molar-refractivity contribution in [2.45, 2.75) is 78.7 Å². The van der Waals surface area contributed by atoms with Gasteiger partial charge in [-0.3, -0.25) is 9.59 Å². The molecule has 2 amide bonds. The van der Waals surface area contributed by atoms with Gasteiger partial charge >= 0.3 is 0 Å². The number of nitrogens with zero attached hydrogens (tertiary/aromatic N) is 3. The van der Waals surface area contributed by atoms with Gasteiger partial charge in [0.1, 0.15) is 5.82 Å². The summed E-state index contributed by atoms with van der Waals surface area (Å²) in [7, 11) is 0. The van der Waals surface area contributed by atoms with Crippen molar-refractivity contribution in [3.8, 4) is 0 Å². The average Bonchev–Trinajstić information content (AvgIpc) is 3.48. The van der Waals surface area contributed by atoms with Crippen LogP contribution in [-0.4, -0.2) is 59.0 Å². The molecule has 2 aromatic heterocycles. The lowest BCUT2D eigenvalue weighted by Gasteiger charge is -2.32. The van der Waals surface area contributed by atoms with Crippen molar-refractivity contribution in [1.82, 2.24) is 25.1 Å². The molecule has 1 aromatic carbocycles. The third-order valence-electron chi connectivity index (χ3n) is 7.77. The van der Waals surface area contributed by atoms with Gasteiger partial charge in [0.2, 0.25) is 5.91 Å². The Balaban J connectivity index is 1.36. The van der Waals surface area contributed by atoms with Gasteiger partial charge in [-0.05, 0) is 73.8 Å². The summed E-state index contributed by atoms with van der Waals surface area (Å²) in [5.41, 5.74) is 2.37. The lowest BCUT2D eigenvalue weighted by Crippen LogP contribution is -2.45. The first-order valence-electron chi connectivity index (χ1n) is 14.6. The molecule has 1 fully saturated rings. The molecular formula is C31H45N5O2S. The highest BCUT2D eigenvalue weighted by atomic mass is 32.1. The Hall–Kier alpha value is -2.71. The van der Waals surface area contributed by atoms with E-state index >= 15 is 0 Å². The number of carbonyl (C=O) groups excluding carboxylic acids is 2. The van der Waals surface area contributed by atoms with E-state index in [0.717, 1.165) is 55.8 Å². The predicted molar refractivity (Wildman–Crippen MR) is 161 cm³/mol. The zero-order chi connectivity index (χ0) is 27.8. The molecule has 4 rings (SSSR count). The molecule has 39 heavy (non-hydrogen) atoms. The molecule has 3 heterocycles. The number of thiophene rings is 1. The van der Waals surface area contributed by atoms with E-state index in [-0.39, 0.29) is 23.8 Å². The molecule has 0 atom stereocenters. The Morgan fingerprint density at radius 2 is 1.79 bits per heavy atom. The second-order valence-electron chi connectivity index (χ2n) is 11.6. The summed E-state index contributed by atoms with van der Waals surface area (Å²) < 4.78 is 2.34. The summed E-state index contributed by atoms with van der Waals surface area (Å²) in [6.07, 6.45) is 7.96. The topological polar surface area (TPSA) is 79.3 Å². The number of aromatic nitrogens is 2. The van der Waals surface area contributed by atoms with E-state index in [9.17, 15) is 9.59 Å². The number of amides is 2. The van der Waals surface area contributed by atoms with E-state index in [1.807, 2.05) is 18.2 Å². The number of carbonyl (C=O) groups is 2. The van der Waals surface area contributed by atoms with Crippen LogP contribution in [-0.2, 0) is 11.2 Å². The van der Waals surface area contributed by atoms with E-state index in [1.54, 1.807) is 11.3 Å². The van der Waals surface area contributed by atoms with Crippen molar-refractivity contribution in [3.63, 3.8) is 0 Å².